The van der Waals surface area contributed by atoms with Gasteiger partial charge in [-0.15, -0.1) is 0 Å². The highest BCUT2D eigenvalue weighted by atomic mass is 16.1. The van der Waals surface area contributed by atoms with E-state index in [0.717, 1.165) is 37.9 Å². The summed E-state index contributed by atoms with van der Waals surface area (Å²) in [6.45, 7) is 3.08. The molecule has 2 rings (SSSR count). The molecule has 1 aromatic rings. The van der Waals surface area contributed by atoms with Gasteiger partial charge >= 0.3 is 0 Å². The number of hydrogen-bond acceptors (Lipinski definition) is 3. The van der Waals surface area contributed by atoms with Gasteiger partial charge in [-0.1, -0.05) is 32.6 Å². The third kappa shape index (κ3) is 4.51. The van der Waals surface area contributed by atoms with Crippen molar-refractivity contribution in [2.45, 2.75) is 57.9 Å². The van der Waals surface area contributed by atoms with Crippen LogP contribution in [0.5, 0.6) is 0 Å². The molecule has 1 saturated carbocycles. The van der Waals surface area contributed by atoms with Crippen LogP contribution in [0, 0.1) is 0 Å². The lowest BCUT2D eigenvalue weighted by Crippen LogP contribution is -2.36. The first-order chi connectivity index (χ1) is 9.79. The van der Waals surface area contributed by atoms with Gasteiger partial charge in [0.05, 0.1) is 11.3 Å². The summed E-state index contributed by atoms with van der Waals surface area (Å²) in [4.78, 5) is 16.4. The lowest BCUT2D eigenvalue weighted by molar-refractivity contribution is 0.0927. The zero-order valence-corrected chi connectivity index (χ0v) is 12.3. The fourth-order valence-corrected chi connectivity index (χ4v) is 2.59. The molecular formula is C16H25N3O. The maximum Gasteiger partial charge on any atom is 0.253 e. The molecule has 0 aliphatic heterocycles. The number of carbonyl (C=O) groups is 1. The molecule has 110 valence electrons. The van der Waals surface area contributed by atoms with Gasteiger partial charge in [0.25, 0.3) is 5.91 Å². The topological polar surface area (TPSA) is 54.0 Å². The largest absolute Gasteiger partial charge is 0.384 e. The van der Waals surface area contributed by atoms with E-state index < -0.39 is 0 Å². The van der Waals surface area contributed by atoms with Crippen LogP contribution >= 0.6 is 0 Å². The minimum atomic E-state index is 0.00328. The van der Waals surface area contributed by atoms with Crippen molar-refractivity contribution in [1.29, 1.82) is 0 Å². The van der Waals surface area contributed by atoms with Gasteiger partial charge < -0.3 is 10.6 Å². The molecule has 0 spiro atoms. The second kappa shape index (κ2) is 7.88. The summed E-state index contributed by atoms with van der Waals surface area (Å²) in [5, 5.41) is 6.42. The van der Waals surface area contributed by atoms with Crippen molar-refractivity contribution in [3.63, 3.8) is 0 Å². The van der Waals surface area contributed by atoms with E-state index in [9.17, 15) is 4.79 Å². The number of hydrogen-bond donors (Lipinski definition) is 2. The van der Waals surface area contributed by atoms with Crippen molar-refractivity contribution in [3.05, 3.63) is 24.0 Å². The molecule has 1 heterocycles. The summed E-state index contributed by atoms with van der Waals surface area (Å²) in [5.41, 5.74) is 1.58. The zero-order chi connectivity index (χ0) is 14.2. The maximum absolute atomic E-state index is 12.2. The lowest BCUT2D eigenvalue weighted by atomic mass is 9.95. The molecule has 0 aromatic carbocycles. The van der Waals surface area contributed by atoms with E-state index in [2.05, 4.69) is 22.5 Å². The Morgan fingerprint density at radius 1 is 1.30 bits per heavy atom. The van der Waals surface area contributed by atoms with E-state index in [-0.39, 0.29) is 5.91 Å². The van der Waals surface area contributed by atoms with E-state index in [1.54, 1.807) is 12.4 Å². The van der Waals surface area contributed by atoms with Gasteiger partial charge in [0.1, 0.15) is 0 Å². The molecule has 0 atom stereocenters. The summed E-state index contributed by atoms with van der Waals surface area (Å²) in [6.07, 6.45) is 11.6. The highest BCUT2D eigenvalue weighted by Gasteiger charge is 2.16. The number of unbranched alkanes of at least 4 members (excludes halogenated alkanes) is 1. The van der Waals surface area contributed by atoms with E-state index in [4.69, 9.17) is 0 Å². The van der Waals surface area contributed by atoms with Crippen molar-refractivity contribution in [1.82, 2.24) is 10.3 Å². The average Bonchev–Trinajstić information content (AvgIpc) is 2.49. The standard InChI is InChI=1S/C16H25N3O/c1-2-3-9-18-15-10-13(11-17-12-15)16(20)19-14-7-5-4-6-8-14/h10-12,14,18H,2-9H2,1H3,(H,19,20). The SMILES string of the molecule is CCCCNc1cncc(C(=O)NC2CCCCC2)c1. The fraction of sp³-hybridized carbons (Fsp3) is 0.625. The van der Waals surface area contributed by atoms with Crippen molar-refractivity contribution in [3.8, 4) is 0 Å². The predicted octanol–water partition coefficient (Wildman–Crippen LogP) is 3.36. The van der Waals surface area contributed by atoms with E-state index >= 15 is 0 Å². The fourth-order valence-electron chi connectivity index (χ4n) is 2.59. The van der Waals surface area contributed by atoms with Gasteiger partial charge in [-0.2, -0.15) is 0 Å². The van der Waals surface area contributed by atoms with Crippen LogP contribution in [0.4, 0.5) is 5.69 Å². The molecule has 1 aromatic heterocycles. The number of pyridine rings is 1. The average molecular weight is 275 g/mol. The summed E-state index contributed by atoms with van der Waals surface area (Å²) < 4.78 is 0. The smallest absolute Gasteiger partial charge is 0.253 e. The molecule has 1 amide bonds. The number of nitrogens with zero attached hydrogens (tertiary/aromatic N) is 1. The van der Waals surface area contributed by atoms with E-state index in [0.29, 0.717) is 11.6 Å². The maximum atomic E-state index is 12.2. The number of rotatable bonds is 6. The van der Waals surface area contributed by atoms with Gasteiger partial charge in [0.2, 0.25) is 0 Å². The number of amides is 1. The highest BCUT2D eigenvalue weighted by Crippen LogP contribution is 2.18. The molecule has 1 aliphatic carbocycles. The Labute approximate surface area is 121 Å². The molecule has 0 saturated heterocycles. The Hall–Kier alpha value is -1.58. The predicted molar refractivity (Wildman–Crippen MR) is 82.0 cm³/mol. The van der Waals surface area contributed by atoms with Crippen molar-refractivity contribution in [2.24, 2.45) is 0 Å². The molecule has 20 heavy (non-hydrogen) atoms. The van der Waals surface area contributed by atoms with Crippen LogP contribution in [0.3, 0.4) is 0 Å². The first kappa shape index (κ1) is 14.8. The van der Waals surface area contributed by atoms with Crippen LogP contribution in [0.15, 0.2) is 18.5 Å². The summed E-state index contributed by atoms with van der Waals surface area (Å²) >= 11 is 0. The van der Waals surface area contributed by atoms with Crippen molar-refractivity contribution >= 4 is 11.6 Å². The van der Waals surface area contributed by atoms with Gasteiger partial charge in [0.15, 0.2) is 0 Å². The van der Waals surface area contributed by atoms with Gasteiger partial charge in [-0.3, -0.25) is 9.78 Å². The Kier molecular flexibility index (Phi) is 5.84. The second-order valence-corrected chi connectivity index (χ2v) is 5.55. The summed E-state index contributed by atoms with van der Waals surface area (Å²) in [5.74, 6) is 0.00328. The minimum Gasteiger partial charge on any atom is -0.384 e. The summed E-state index contributed by atoms with van der Waals surface area (Å²) in [7, 11) is 0. The molecule has 0 unspecified atom stereocenters. The second-order valence-electron chi connectivity index (χ2n) is 5.55. The van der Waals surface area contributed by atoms with Crippen LogP contribution in [-0.2, 0) is 0 Å². The Bertz CT molecular complexity index is 427. The quantitative estimate of drug-likeness (QED) is 0.783. The Morgan fingerprint density at radius 2 is 2.10 bits per heavy atom. The molecule has 0 bridgehead atoms. The normalized spacial score (nSPS) is 15.8. The van der Waals surface area contributed by atoms with Crippen LogP contribution < -0.4 is 10.6 Å². The van der Waals surface area contributed by atoms with Crippen LogP contribution in [0.25, 0.3) is 0 Å². The first-order valence-electron chi connectivity index (χ1n) is 7.79. The number of nitrogens with one attached hydrogen (secondary N) is 2. The summed E-state index contributed by atoms with van der Waals surface area (Å²) in [6, 6.07) is 2.23. The van der Waals surface area contributed by atoms with E-state index in [1.807, 2.05) is 6.07 Å². The van der Waals surface area contributed by atoms with Crippen molar-refractivity contribution < 1.29 is 4.79 Å². The molecule has 2 N–H and O–H groups in total. The molecule has 1 fully saturated rings. The van der Waals surface area contributed by atoms with Crippen LogP contribution in [-0.4, -0.2) is 23.5 Å². The number of anilines is 1. The molecule has 1 aliphatic rings. The molecule has 4 heteroatoms. The number of aromatic nitrogens is 1. The lowest BCUT2D eigenvalue weighted by Gasteiger charge is -2.22. The van der Waals surface area contributed by atoms with E-state index in [1.165, 1.54) is 19.3 Å². The third-order valence-electron chi connectivity index (χ3n) is 3.80. The first-order valence-corrected chi connectivity index (χ1v) is 7.79. The minimum absolute atomic E-state index is 0.00328. The third-order valence-corrected chi connectivity index (χ3v) is 3.80. The molecular weight excluding hydrogens is 250 g/mol. The van der Waals surface area contributed by atoms with Gasteiger partial charge in [0, 0.05) is 25.0 Å². The zero-order valence-electron chi connectivity index (χ0n) is 12.3. The molecule has 0 radical (unpaired) electrons. The Morgan fingerprint density at radius 3 is 2.85 bits per heavy atom. The monoisotopic (exact) mass is 275 g/mol. The van der Waals surface area contributed by atoms with Crippen LogP contribution in [0.2, 0.25) is 0 Å². The number of carbonyl (C=O) groups excluding carboxylic acids is 1. The van der Waals surface area contributed by atoms with Gasteiger partial charge in [-0.05, 0) is 25.3 Å². The molecule has 4 nitrogen and oxygen atoms in total. The van der Waals surface area contributed by atoms with Crippen LogP contribution in [0.1, 0.15) is 62.2 Å². The van der Waals surface area contributed by atoms with Gasteiger partial charge in [-0.25, -0.2) is 0 Å². The van der Waals surface area contributed by atoms with Crippen molar-refractivity contribution in [2.75, 3.05) is 11.9 Å². The Balaban J connectivity index is 1.89. The highest BCUT2D eigenvalue weighted by molar-refractivity contribution is 5.94.